The summed E-state index contributed by atoms with van der Waals surface area (Å²) in [7, 11) is 0. The minimum atomic E-state index is 0.571. The Hall–Kier alpha value is -1.06. The Labute approximate surface area is 117 Å². The van der Waals surface area contributed by atoms with Crippen LogP contribution in [0, 0.1) is 6.92 Å². The molecule has 1 aromatic rings. The highest BCUT2D eigenvalue weighted by molar-refractivity contribution is 5.58. The second-order valence-electron chi connectivity index (χ2n) is 5.71. The van der Waals surface area contributed by atoms with Gasteiger partial charge in [-0.25, -0.2) is 0 Å². The predicted octanol–water partition coefficient (Wildman–Crippen LogP) is 2.44. The third kappa shape index (κ3) is 3.95. The summed E-state index contributed by atoms with van der Waals surface area (Å²) in [6.07, 6.45) is 0. The van der Waals surface area contributed by atoms with E-state index >= 15 is 0 Å². The summed E-state index contributed by atoms with van der Waals surface area (Å²) in [6.45, 7) is 13.5. The van der Waals surface area contributed by atoms with Crippen LogP contribution in [0.1, 0.15) is 30.9 Å². The van der Waals surface area contributed by atoms with Crippen molar-refractivity contribution in [2.45, 2.75) is 26.7 Å². The second kappa shape index (κ2) is 6.92. The Balaban J connectivity index is 1.91. The summed E-state index contributed by atoms with van der Waals surface area (Å²) in [6, 6.07) is 6.59. The van der Waals surface area contributed by atoms with Gasteiger partial charge in [-0.15, -0.1) is 0 Å². The van der Waals surface area contributed by atoms with Crippen LogP contribution in [0.4, 0.5) is 5.69 Å². The fourth-order valence-electron chi connectivity index (χ4n) is 2.69. The highest BCUT2D eigenvalue weighted by Gasteiger charge is 2.11. The maximum Gasteiger partial charge on any atom is 0.0405 e. The quantitative estimate of drug-likeness (QED) is 0.852. The second-order valence-corrected chi connectivity index (χ2v) is 5.71. The number of nitrogens with one attached hydrogen (secondary N) is 2. The highest BCUT2D eigenvalue weighted by Crippen LogP contribution is 2.27. The van der Waals surface area contributed by atoms with E-state index in [1.807, 2.05) is 0 Å². The van der Waals surface area contributed by atoms with Crippen LogP contribution < -0.4 is 10.6 Å². The minimum absolute atomic E-state index is 0.571. The van der Waals surface area contributed by atoms with E-state index in [1.165, 1.54) is 29.9 Å². The number of benzene rings is 1. The zero-order valence-electron chi connectivity index (χ0n) is 12.5. The molecule has 1 aliphatic rings. The van der Waals surface area contributed by atoms with Gasteiger partial charge in [0.25, 0.3) is 0 Å². The summed E-state index contributed by atoms with van der Waals surface area (Å²) < 4.78 is 0. The van der Waals surface area contributed by atoms with Crippen molar-refractivity contribution in [1.29, 1.82) is 0 Å². The average Bonchev–Trinajstić information content (AvgIpc) is 2.41. The van der Waals surface area contributed by atoms with Gasteiger partial charge in [-0.3, -0.25) is 4.90 Å². The van der Waals surface area contributed by atoms with Crippen molar-refractivity contribution < 1.29 is 0 Å². The monoisotopic (exact) mass is 261 g/mol. The summed E-state index contributed by atoms with van der Waals surface area (Å²) in [5, 5.41) is 7.04. The first-order valence-corrected chi connectivity index (χ1v) is 7.45. The van der Waals surface area contributed by atoms with E-state index in [9.17, 15) is 0 Å². The lowest BCUT2D eigenvalue weighted by molar-refractivity contribution is 0.249. The van der Waals surface area contributed by atoms with Gasteiger partial charge in [-0.05, 0) is 24.0 Å². The van der Waals surface area contributed by atoms with Crippen molar-refractivity contribution in [2.24, 2.45) is 0 Å². The van der Waals surface area contributed by atoms with E-state index in [2.05, 4.69) is 54.5 Å². The van der Waals surface area contributed by atoms with E-state index in [1.54, 1.807) is 0 Å². The number of anilines is 1. The van der Waals surface area contributed by atoms with E-state index in [-0.39, 0.29) is 0 Å². The van der Waals surface area contributed by atoms with Crippen molar-refractivity contribution in [1.82, 2.24) is 10.2 Å². The molecule has 106 valence electrons. The van der Waals surface area contributed by atoms with Gasteiger partial charge in [0.05, 0.1) is 0 Å². The summed E-state index contributed by atoms with van der Waals surface area (Å²) in [5.41, 5.74) is 4.12. The molecule has 2 rings (SSSR count). The number of hydrogen-bond donors (Lipinski definition) is 2. The predicted molar refractivity (Wildman–Crippen MR) is 83.1 cm³/mol. The molecular weight excluding hydrogens is 234 g/mol. The topological polar surface area (TPSA) is 27.3 Å². The van der Waals surface area contributed by atoms with Crippen LogP contribution in [-0.4, -0.2) is 44.2 Å². The summed E-state index contributed by atoms with van der Waals surface area (Å²) >= 11 is 0. The van der Waals surface area contributed by atoms with Crippen LogP contribution in [0.2, 0.25) is 0 Å². The number of piperazine rings is 1. The standard InChI is InChI=1S/C16H27N3/c1-13(2)15-6-4-5-14(3)16(15)18-9-12-19-10-7-17-8-11-19/h4-6,13,17-18H,7-12H2,1-3H3. The van der Waals surface area contributed by atoms with Crippen molar-refractivity contribution >= 4 is 5.69 Å². The minimum Gasteiger partial charge on any atom is -0.383 e. The van der Waals surface area contributed by atoms with Crippen LogP contribution in [-0.2, 0) is 0 Å². The maximum absolute atomic E-state index is 3.65. The van der Waals surface area contributed by atoms with Gasteiger partial charge in [0.15, 0.2) is 0 Å². The highest BCUT2D eigenvalue weighted by atomic mass is 15.2. The van der Waals surface area contributed by atoms with Crippen molar-refractivity contribution in [3.05, 3.63) is 29.3 Å². The lowest BCUT2D eigenvalue weighted by Crippen LogP contribution is -2.45. The number of para-hydroxylation sites is 1. The number of rotatable bonds is 5. The molecule has 0 amide bonds. The van der Waals surface area contributed by atoms with E-state index in [0.29, 0.717) is 5.92 Å². The molecule has 1 aliphatic heterocycles. The van der Waals surface area contributed by atoms with Crippen LogP contribution in [0.3, 0.4) is 0 Å². The Morgan fingerprint density at radius 1 is 1.26 bits per heavy atom. The van der Waals surface area contributed by atoms with Gasteiger partial charge in [0.1, 0.15) is 0 Å². The zero-order chi connectivity index (χ0) is 13.7. The molecule has 3 nitrogen and oxygen atoms in total. The van der Waals surface area contributed by atoms with Crippen molar-refractivity contribution in [3.8, 4) is 0 Å². The Morgan fingerprint density at radius 2 is 2.00 bits per heavy atom. The van der Waals surface area contributed by atoms with Crippen LogP contribution in [0.5, 0.6) is 0 Å². The molecule has 0 spiro atoms. The third-order valence-corrected chi connectivity index (χ3v) is 3.87. The largest absolute Gasteiger partial charge is 0.383 e. The summed E-state index contributed by atoms with van der Waals surface area (Å²) in [5.74, 6) is 0.571. The molecule has 1 saturated heterocycles. The molecule has 0 saturated carbocycles. The van der Waals surface area contributed by atoms with Crippen LogP contribution in [0.15, 0.2) is 18.2 Å². The summed E-state index contributed by atoms with van der Waals surface area (Å²) in [4.78, 5) is 2.52. The number of nitrogens with zero attached hydrogens (tertiary/aromatic N) is 1. The third-order valence-electron chi connectivity index (χ3n) is 3.87. The molecule has 0 radical (unpaired) electrons. The number of hydrogen-bond acceptors (Lipinski definition) is 3. The maximum atomic E-state index is 3.65. The van der Waals surface area contributed by atoms with Gasteiger partial charge in [-0.2, -0.15) is 0 Å². The first kappa shape index (κ1) is 14.4. The first-order valence-electron chi connectivity index (χ1n) is 7.45. The van der Waals surface area contributed by atoms with Gasteiger partial charge in [0.2, 0.25) is 0 Å². The van der Waals surface area contributed by atoms with Crippen molar-refractivity contribution in [3.63, 3.8) is 0 Å². The number of aryl methyl sites for hydroxylation is 1. The van der Waals surface area contributed by atoms with Crippen LogP contribution >= 0.6 is 0 Å². The molecule has 0 aliphatic carbocycles. The molecule has 1 fully saturated rings. The first-order chi connectivity index (χ1) is 9.18. The Morgan fingerprint density at radius 3 is 2.68 bits per heavy atom. The zero-order valence-corrected chi connectivity index (χ0v) is 12.5. The molecular formula is C16H27N3. The lowest BCUT2D eigenvalue weighted by Gasteiger charge is -2.27. The van der Waals surface area contributed by atoms with E-state index in [0.717, 1.165) is 26.2 Å². The molecule has 3 heteroatoms. The molecule has 1 heterocycles. The molecule has 0 aromatic heterocycles. The van der Waals surface area contributed by atoms with Crippen molar-refractivity contribution in [2.75, 3.05) is 44.6 Å². The average molecular weight is 261 g/mol. The van der Waals surface area contributed by atoms with Gasteiger partial charge in [0, 0.05) is 45.0 Å². The normalized spacial score (nSPS) is 16.8. The van der Waals surface area contributed by atoms with E-state index in [4.69, 9.17) is 0 Å². The smallest absolute Gasteiger partial charge is 0.0405 e. The molecule has 0 bridgehead atoms. The molecule has 0 atom stereocenters. The fourth-order valence-corrected chi connectivity index (χ4v) is 2.69. The van der Waals surface area contributed by atoms with E-state index < -0.39 is 0 Å². The molecule has 19 heavy (non-hydrogen) atoms. The SMILES string of the molecule is Cc1cccc(C(C)C)c1NCCN1CCNCC1. The molecule has 2 N–H and O–H groups in total. The fraction of sp³-hybridized carbons (Fsp3) is 0.625. The molecule has 1 aromatic carbocycles. The Bertz CT molecular complexity index is 395. The van der Waals surface area contributed by atoms with Gasteiger partial charge < -0.3 is 10.6 Å². The lowest BCUT2D eigenvalue weighted by atomic mass is 9.98. The van der Waals surface area contributed by atoms with Gasteiger partial charge >= 0.3 is 0 Å². The Kier molecular flexibility index (Phi) is 5.23. The van der Waals surface area contributed by atoms with Crippen LogP contribution in [0.25, 0.3) is 0 Å². The molecule has 0 unspecified atom stereocenters. The van der Waals surface area contributed by atoms with Gasteiger partial charge in [-0.1, -0.05) is 32.0 Å².